The van der Waals surface area contributed by atoms with Gasteiger partial charge in [-0.2, -0.15) is 0 Å². The fraction of sp³-hybridized carbons (Fsp3) is 0.562. The molecule has 0 unspecified atom stereocenters. The first-order valence-corrected chi connectivity index (χ1v) is 8.00. The van der Waals surface area contributed by atoms with Crippen LogP contribution >= 0.6 is 0 Å². The maximum atomic E-state index is 12.2. The number of amides is 2. The Labute approximate surface area is 130 Å². The SMILES string of the molecule is CC1CCC(NC(=O)N[C@@H](C)c2nnc3ccccn23)CC1. The number of nitrogens with one attached hydrogen (secondary N) is 2. The molecular formula is C16H23N5O. The normalized spacial score (nSPS) is 23.2. The van der Waals surface area contributed by atoms with Crippen molar-refractivity contribution in [2.24, 2.45) is 5.92 Å². The molecule has 2 aromatic rings. The van der Waals surface area contributed by atoms with Crippen LogP contribution in [0.3, 0.4) is 0 Å². The summed E-state index contributed by atoms with van der Waals surface area (Å²) in [6.07, 6.45) is 6.42. The fourth-order valence-electron chi connectivity index (χ4n) is 3.05. The highest BCUT2D eigenvalue weighted by atomic mass is 16.2. The molecule has 0 spiro atoms. The van der Waals surface area contributed by atoms with Crippen molar-refractivity contribution in [1.82, 2.24) is 25.2 Å². The van der Waals surface area contributed by atoms with Crippen LogP contribution in [0.15, 0.2) is 24.4 Å². The minimum Gasteiger partial charge on any atom is -0.335 e. The van der Waals surface area contributed by atoms with E-state index in [2.05, 4.69) is 27.8 Å². The molecule has 6 heteroatoms. The van der Waals surface area contributed by atoms with Gasteiger partial charge in [0.15, 0.2) is 11.5 Å². The van der Waals surface area contributed by atoms with Crippen molar-refractivity contribution in [1.29, 1.82) is 0 Å². The number of hydrogen-bond acceptors (Lipinski definition) is 3. The lowest BCUT2D eigenvalue weighted by molar-refractivity contribution is 0.225. The molecule has 2 N–H and O–H groups in total. The summed E-state index contributed by atoms with van der Waals surface area (Å²) in [5, 5.41) is 14.3. The highest BCUT2D eigenvalue weighted by Gasteiger charge is 2.21. The molecule has 0 saturated heterocycles. The number of carbonyl (C=O) groups excluding carboxylic acids is 1. The van der Waals surface area contributed by atoms with Crippen LogP contribution in [-0.2, 0) is 0 Å². The zero-order chi connectivity index (χ0) is 15.5. The van der Waals surface area contributed by atoms with E-state index in [-0.39, 0.29) is 12.1 Å². The number of carbonyl (C=O) groups is 1. The summed E-state index contributed by atoms with van der Waals surface area (Å²) >= 11 is 0. The zero-order valence-electron chi connectivity index (χ0n) is 13.1. The van der Waals surface area contributed by atoms with E-state index in [0.29, 0.717) is 6.04 Å². The van der Waals surface area contributed by atoms with E-state index in [1.165, 1.54) is 12.8 Å². The van der Waals surface area contributed by atoms with Crippen LogP contribution in [0.5, 0.6) is 0 Å². The van der Waals surface area contributed by atoms with Crippen LogP contribution in [0.25, 0.3) is 5.65 Å². The molecule has 2 heterocycles. The lowest BCUT2D eigenvalue weighted by Gasteiger charge is -2.27. The number of aromatic nitrogens is 3. The molecule has 1 saturated carbocycles. The lowest BCUT2D eigenvalue weighted by atomic mass is 9.87. The highest BCUT2D eigenvalue weighted by Crippen LogP contribution is 2.23. The minimum atomic E-state index is -0.195. The monoisotopic (exact) mass is 301 g/mol. The Bertz CT molecular complexity index is 645. The molecule has 0 aromatic carbocycles. The summed E-state index contributed by atoms with van der Waals surface area (Å²) in [5.74, 6) is 1.52. The molecule has 1 aliphatic carbocycles. The van der Waals surface area contributed by atoms with Crippen LogP contribution in [0.2, 0.25) is 0 Å². The number of nitrogens with zero attached hydrogens (tertiary/aromatic N) is 3. The van der Waals surface area contributed by atoms with Crippen molar-refractivity contribution >= 4 is 11.7 Å². The van der Waals surface area contributed by atoms with Crippen molar-refractivity contribution < 1.29 is 4.79 Å². The van der Waals surface area contributed by atoms with E-state index in [1.807, 2.05) is 35.7 Å². The van der Waals surface area contributed by atoms with Crippen molar-refractivity contribution in [3.8, 4) is 0 Å². The van der Waals surface area contributed by atoms with E-state index >= 15 is 0 Å². The summed E-state index contributed by atoms with van der Waals surface area (Å²) in [5.41, 5.74) is 0.785. The maximum Gasteiger partial charge on any atom is 0.315 e. The second kappa shape index (κ2) is 6.34. The van der Waals surface area contributed by atoms with Crippen LogP contribution in [0.1, 0.15) is 51.4 Å². The van der Waals surface area contributed by atoms with Gasteiger partial charge in [0.2, 0.25) is 0 Å². The van der Waals surface area contributed by atoms with Gasteiger partial charge >= 0.3 is 6.03 Å². The molecule has 118 valence electrons. The Morgan fingerprint density at radius 1 is 1.27 bits per heavy atom. The van der Waals surface area contributed by atoms with E-state index in [4.69, 9.17) is 0 Å². The van der Waals surface area contributed by atoms with Gasteiger partial charge in [-0.15, -0.1) is 10.2 Å². The average Bonchev–Trinajstić information content (AvgIpc) is 2.93. The molecule has 1 fully saturated rings. The maximum absolute atomic E-state index is 12.2. The van der Waals surface area contributed by atoms with Gasteiger partial charge in [-0.3, -0.25) is 4.40 Å². The van der Waals surface area contributed by atoms with Gasteiger partial charge in [-0.05, 0) is 50.7 Å². The predicted octanol–water partition coefficient (Wildman–Crippen LogP) is 2.67. The van der Waals surface area contributed by atoms with Crippen LogP contribution in [0.4, 0.5) is 4.79 Å². The lowest BCUT2D eigenvalue weighted by Crippen LogP contribution is -2.44. The quantitative estimate of drug-likeness (QED) is 0.915. The third-order valence-electron chi connectivity index (χ3n) is 4.43. The molecule has 22 heavy (non-hydrogen) atoms. The van der Waals surface area contributed by atoms with Crippen LogP contribution in [0, 0.1) is 5.92 Å². The third kappa shape index (κ3) is 3.21. The van der Waals surface area contributed by atoms with Gasteiger partial charge in [0, 0.05) is 12.2 Å². The molecule has 0 bridgehead atoms. The topological polar surface area (TPSA) is 71.3 Å². The molecule has 1 atom stereocenters. The number of hydrogen-bond donors (Lipinski definition) is 2. The average molecular weight is 301 g/mol. The number of rotatable bonds is 3. The molecule has 0 aliphatic heterocycles. The minimum absolute atomic E-state index is 0.125. The largest absolute Gasteiger partial charge is 0.335 e. The Balaban J connectivity index is 1.59. The Morgan fingerprint density at radius 2 is 2.05 bits per heavy atom. The van der Waals surface area contributed by atoms with Crippen molar-refractivity contribution in [3.63, 3.8) is 0 Å². The fourth-order valence-corrected chi connectivity index (χ4v) is 3.05. The zero-order valence-corrected chi connectivity index (χ0v) is 13.1. The third-order valence-corrected chi connectivity index (χ3v) is 4.43. The Hall–Kier alpha value is -2.11. The van der Waals surface area contributed by atoms with Gasteiger partial charge in [-0.1, -0.05) is 13.0 Å². The molecule has 3 rings (SSSR count). The van der Waals surface area contributed by atoms with Crippen molar-refractivity contribution in [3.05, 3.63) is 30.2 Å². The summed E-state index contributed by atoms with van der Waals surface area (Å²) in [7, 11) is 0. The summed E-state index contributed by atoms with van der Waals surface area (Å²) < 4.78 is 1.90. The highest BCUT2D eigenvalue weighted by molar-refractivity contribution is 5.74. The van der Waals surface area contributed by atoms with Gasteiger partial charge in [-0.25, -0.2) is 4.79 Å². The van der Waals surface area contributed by atoms with Gasteiger partial charge in [0.25, 0.3) is 0 Å². The second-order valence-corrected chi connectivity index (χ2v) is 6.28. The van der Waals surface area contributed by atoms with Gasteiger partial charge in [0.1, 0.15) is 0 Å². The molecule has 6 nitrogen and oxygen atoms in total. The van der Waals surface area contributed by atoms with E-state index in [0.717, 1.165) is 30.2 Å². The number of fused-ring (bicyclic) bond motifs is 1. The molecule has 2 aromatic heterocycles. The summed E-state index contributed by atoms with van der Waals surface area (Å²) in [6.45, 7) is 4.20. The standard InChI is InChI=1S/C16H23N5O/c1-11-6-8-13(9-7-11)18-16(22)17-12(2)15-20-19-14-5-3-4-10-21(14)15/h3-5,10-13H,6-9H2,1-2H3,(H2,17,18,22)/t11?,12-,13?/m0/s1. The van der Waals surface area contributed by atoms with E-state index in [1.54, 1.807) is 0 Å². The summed E-state index contributed by atoms with van der Waals surface area (Å²) in [4.78, 5) is 12.2. The number of urea groups is 1. The van der Waals surface area contributed by atoms with Gasteiger partial charge < -0.3 is 10.6 Å². The number of pyridine rings is 1. The molecule has 0 radical (unpaired) electrons. The smallest absolute Gasteiger partial charge is 0.315 e. The van der Waals surface area contributed by atoms with Crippen LogP contribution < -0.4 is 10.6 Å². The first-order chi connectivity index (χ1) is 10.6. The predicted molar refractivity (Wildman–Crippen MR) is 84.5 cm³/mol. The van der Waals surface area contributed by atoms with Crippen LogP contribution in [-0.4, -0.2) is 26.7 Å². The molecule has 1 aliphatic rings. The van der Waals surface area contributed by atoms with Crippen molar-refractivity contribution in [2.45, 2.75) is 51.6 Å². The van der Waals surface area contributed by atoms with Crippen molar-refractivity contribution in [2.75, 3.05) is 0 Å². The first-order valence-electron chi connectivity index (χ1n) is 8.00. The Morgan fingerprint density at radius 3 is 2.82 bits per heavy atom. The summed E-state index contributed by atoms with van der Waals surface area (Å²) in [6, 6.07) is 5.71. The van der Waals surface area contributed by atoms with Gasteiger partial charge in [0.05, 0.1) is 6.04 Å². The van der Waals surface area contributed by atoms with E-state index < -0.39 is 0 Å². The second-order valence-electron chi connectivity index (χ2n) is 6.28. The van der Waals surface area contributed by atoms with E-state index in [9.17, 15) is 4.79 Å². The molecular weight excluding hydrogens is 278 g/mol. The Kier molecular flexibility index (Phi) is 4.27. The molecule has 2 amide bonds. The first kappa shape index (κ1) is 14.8.